The van der Waals surface area contributed by atoms with Crippen molar-refractivity contribution >= 4 is 19.8 Å². The first-order valence-electron chi connectivity index (χ1n) is 5.66. The van der Waals surface area contributed by atoms with Crippen molar-refractivity contribution in [3.8, 4) is 5.75 Å². The van der Waals surface area contributed by atoms with Gasteiger partial charge in [0.15, 0.2) is 5.78 Å². The molecule has 0 saturated heterocycles. The van der Waals surface area contributed by atoms with E-state index in [9.17, 15) is 4.79 Å². The second kappa shape index (κ2) is 5.33. The lowest BCUT2D eigenvalue weighted by Crippen LogP contribution is -2.29. The molecule has 1 aromatic carbocycles. The summed E-state index contributed by atoms with van der Waals surface area (Å²) in [5.41, 5.74) is 12.3. The van der Waals surface area contributed by atoms with E-state index in [2.05, 4.69) is 19.6 Å². The molecule has 4 N–H and O–H groups in total. The number of benzene rings is 1. The van der Waals surface area contributed by atoms with Crippen LogP contribution in [0.4, 0.5) is 5.69 Å². The van der Waals surface area contributed by atoms with Crippen molar-refractivity contribution < 1.29 is 9.22 Å². The third-order valence-corrected chi connectivity index (χ3v) is 2.99. The van der Waals surface area contributed by atoms with E-state index in [-0.39, 0.29) is 5.78 Å². The summed E-state index contributed by atoms with van der Waals surface area (Å²) >= 11 is 0. The second-order valence-corrected chi connectivity index (χ2v) is 9.32. The van der Waals surface area contributed by atoms with Gasteiger partial charge in [0, 0.05) is 12.0 Å². The number of carbonyl (C=O) groups is 1. The summed E-state index contributed by atoms with van der Waals surface area (Å²) in [7, 11) is -1.72. The van der Waals surface area contributed by atoms with Crippen LogP contribution >= 0.6 is 0 Å². The van der Waals surface area contributed by atoms with Crippen molar-refractivity contribution in [2.45, 2.75) is 26.1 Å². The lowest BCUT2D eigenvalue weighted by Gasteiger charge is -2.21. The minimum absolute atomic E-state index is 0.0361. The highest BCUT2D eigenvalue weighted by Gasteiger charge is 2.19. The first-order chi connectivity index (χ1) is 7.85. The predicted molar refractivity (Wildman–Crippen MR) is 72.8 cm³/mol. The molecule has 0 heterocycles. The number of carbonyl (C=O) groups excluding carboxylic acids is 1. The quantitative estimate of drug-likeness (QED) is 0.477. The summed E-state index contributed by atoms with van der Waals surface area (Å²) in [5.74, 6) is 0.568. The summed E-state index contributed by atoms with van der Waals surface area (Å²) in [6.45, 7) is 6.54. The molecule has 0 aliphatic carbocycles. The van der Waals surface area contributed by atoms with Crippen LogP contribution in [-0.4, -0.2) is 20.6 Å². The van der Waals surface area contributed by atoms with E-state index in [0.717, 1.165) is 0 Å². The van der Waals surface area contributed by atoms with Crippen LogP contribution < -0.4 is 15.9 Å². The van der Waals surface area contributed by atoms with Crippen LogP contribution in [0, 0.1) is 0 Å². The smallest absolute Gasteiger partial charge is 0.242 e. The Labute approximate surface area is 103 Å². The molecule has 4 nitrogen and oxygen atoms in total. The van der Waals surface area contributed by atoms with Gasteiger partial charge in [0.05, 0.1) is 5.69 Å². The van der Waals surface area contributed by atoms with Crippen molar-refractivity contribution in [2.75, 3.05) is 12.3 Å². The monoisotopic (exact) mass is 252 g/mol. The molecule has 1 aromatic rings. The van der Waals surface area contributed by atoms with Crippen molar-refractivity contribution in [3.63, 3.8) is 0 Å². The van der Waals surface area contributed by atoms with Crippen LogP contribution in [-0.2, 0) is 0 Å². The molecule has 0 spiro atoms. The molecule has 0 saturated carbocycles. The molecule has 0 amide bonds. The minimum Gasteiger partial charge on any atom is -0.543 e. The summed E-state index contributed by atoms with van der Waals surface area (Å²) in [4.78, 5) is 11.8. The number of Topliss-reactive ketones (excluding diaryl/α,β-unsaturated/α-hetero) is 1. The molecule has 94 valence electrons. The third-order valence-electron chi connectivity index (χ3n) is 2.15. The Morgan fingerprint density at radius 3 is 2.53 bits per heavy atom. The van der Waals surface area contributed by atoms with Gasteiger partial charge in [0.1, 0.15) is 5.75 Å². The molecule has 0 fully saturated rings. The number of para-hydroxylation sites is 1. The Hall–Kier alpha value is -1.33. The number of nitrogen functional groups attached to an aromatic ring is 1. The molecule has 0 radical (unpaired) electrons. The Morgan fingerprint density at radius 2 is 2.00 bits per heavy atom. The molecule has 0 aromatic heterocycles. The molecule has 0 unspecified atom stereocenters. The maximum Gasteiger partial charge on any atom is 0.242 e. The maximum atomic E-state index is 11.8. The molecule has 17 heavy (non-hydrogen) atoms. The average molecular weight is 252 g/mol. The van der Waals surface area contributed by atoms with Crippen molar-refractivity contribution in [3.05, 3.63) is 23.8 Å². The minimum atomic E-state index is -1.72. The number of hydrogen-bond acceptors (Lipinski definition) is 4. The Bertz CT molecular complexity index is 413. The predicted octanol–water partition coefficient (Wildman–Crippen LogP) is 2.01. The van der Waals surface area contributed by atoms with Crippen molar-refractivity contribution in [1.29, 1.82) is 0 Å². The van der Waals surface area contributed by atoms with Gasteiger partial charge in [0.2, 0.25) is 8.32 Å². The van der Waals surface area contributed by atoms with Crippen LogP contribution in [0.2, 0.25) is 19.6 Å². The number of anilines is 1. The second-order valence-electron chi connectivity index (χ2n) is 4.89. The molecular formula is C12H20N2O2Si. The average Bonchev–Trinajstić information content (AvgIpc) is 2.19. The third kappa shape index (κ3) is 3.87. The summed E-state index contributed by atoms with van der Waals surface area (Å²) in [6.07, 6.45) is 0.306. The van der Waals surface area contributed by atoms with Gasteiger partial charge in [0.25, 0.3) is 0 Å². The van der Waals surface area contributed by atoms with E-state index in [1.54, 1.807) is 18.2 Å². The van der Waals surface area contributed by atoms with Gasteiger partial charge >= 0.3 is 0 Å². The first-order valence-corrected chi connectivity index (χ1v) is 9.07. The number of nitrogens with two attached hydrogens (primary N) is 2. The lowest BCUT2D eigenvalue weighted by atomic mass is 10.1. The van der Waals surface area contributed by atoms with Crippen LogP contribution in [0.3, 0.4) is 0 Å². The largest absolute Gasteiger partial charge is 0.543 e. The van der Waals surface area contributed by atoms with E-state index in [4.69, 9.17) is 15.9 Å². The molecule has 1 rings (SSSR count). The van der Waals surface area contributed by atoms with Gasteiger partial charge in [-0.2, -0.15) is 0 Å². The van der Waals surface area contributed by atoms with Crippen LogP contribution in [0.1, 0.15) is 16.8 Å². The first kappa shape index (κ1) is 13.7. The van der Waals surface area contributed by atoms with E-state index >= 15 is 0 Å². The van der Waals surface area contributed by atoms with E-state index in [1.165, 1.54) is 0 Å². The van der Waals surface area contributed by atoms with E-state index in [0.29, 0.717) is 30.0 Å². The summed E-state index contributed by atoms with van der Waals surface area (Å²) in [5, 5.41) is 0. The number of ketones is 1. The highest BCUT2D eigenvalue weighted by molar-refractivity contribution is 6.70. The summed E-state index contributed by atoms with van der Waals surface area (Å²) < 4.78 is 5.83. The summed E-state index contributed by atoms with van der Waals surface area (Å²) in [6, 6.07) is 5.30. The normalized spacial score (nSPS) is 11.3. The zero-order valence-corrected chi connectivity index (χ0v) is 11.6. The van der Waals surface area contributed by atoms with Gasteiger partial charge in [-0.05, 0) is 38.3 Å². The zero-order valence-electron chi connectivity index (χ0n) is 10.6. The Balaban J connectivity index is 3.03. The van der Waals surface area contributed by atoms with Crippen molar-refractivity contribution in [1.82, 2.24) is 0 Å². The molecule has 0 aliphatic rings. The molecular weight excluding hydrogens is 232 g/mol. The standard InChI is InChI=1S/C12H20N2O2Si/c1-17(2,3)16-11-6-4-5-9(12(11)14)10(15)7-8-13/h4-6H,7-8,13-14H2,1-3H3. The van der Waals surface area contributed by atoms with E-state index in [1.807, 2.05) is 0 Å². The fraction of sp³-hybridized carbons (Fsp3) is 0.417. The van der Waals surface area contributed by atoms with Gasteiger partial charge < -0.3 is 15.9 Å². The fourth-order valence-corrected chi connectivity index (χ4v) is 2.31. The molecule has 5 heteroatoms. The topological polar surface area (TPSA) is 78.3 Å². The van der Waals surface area contributed by atoms with Gasteiger partial charge in [-0.25, -0.2) is 0 Å². The van der Waals surface area contributed by atoms with Crippen LogP contribution in [0.25, 0.3) is 0 Å². The highest BCUT2D eigenvalue weighted by Crippen LogP contribution is 2.28. The number of hydrogen-bond donors (Lipinski definition) is 2. The van der Waals surface area contributed by atoms with Gasteiger partial charge in [-0.15, -0.1) is 0 Å². The molecule has 0 aliphatic heterocycles. The number of rotatable bonds is 5. The Kier molecular flexibility index (Phi) is 4.31. The van der Waals surface area contributed by atoms with Crippen LogP contribution in [0.15, 0.2) is 18.2 Å². The fourth-order valence-electron chi connectivity index (χ4n) is 1.47. The van der Waals surface area contributed by atoms with E-state index < -0.39 is 8.32 Å². The van der Waals surface area contributed by atoms with Crippen molar-refractivity contribution in [2.24, 2.45) is 5.73 Å². The van der Waals surface area contributed by atoms with Gasteiger partial charge in [-0.1, -0.05) is 6.07 Å². The Morgan fingerprint density at radius 1 is 1.35 bits per heavy atom. The zero-order chi connectivity index (χ0) is 13.1. The molecule has 0 atom stereocenters. The van der Waals surface area contributed by atoms with Gasteiger partial charge in [-0.3, -0.25) is 4.79 Å². The van der Waals surface area contributed by atoms with Crippen LogP contribution in [0.5, 0.6) is 5.75 Å². The lowest BCUT2D eigenvalue weighted by molar-refractivity contribution is 0.0986. The maximum absolute atomic E-state index is 11.8. The SMILES string of the molecule is C[Si](C)(C)Oc1cccc(C(=O)CCN)c1N. The molecule has 0 bridgehead atoms. The highest BCUT2D eigenvalue weighted by atomic mass is 28.4.